The van der Waals surface area contributed by atoms with Crippen LogP contribution >= 0.6 is 0 Å². The Hall–Kier alpha value is 0.0274. The minimum absolute atomic E-state index is 0. The van der Waals surface area contributed by atoms with E-state index in [0.717, 1.165) is 25.9 Å². The molecule has 0 aliphatic carbocycles. The van der Waals surface area contributed by atoms with Crippen molar-refractivity contribution >= 4 is 5.97 Å². The van der Waals surface area contributed by atoms with Crippen LogP contribution in [0.4, 0.5) is 0 Å². The first kappa shape index (κ1) is 40.2. The average Bonchev–Trinajstić information content (AvgIpc) is 2.89. The maximum atomic E-state index is 11.1. The minimum atomic E-state index is -0.894. The summed E-state index contributed by atoms with van der Waals surface area (Å²) in [5.74, 6) is -0.894. The molecule has 38 heavy (non-hydrogen) atoms. The summed E-state index contributed by atoms with van der Waals surface area (Å²) in [6.07, 6.45) is 35.2. The first-order valence-electron chi connectivity index (χ1n) is 17.1. The van der Waals surface area contributed by atoms with Gasteiger partial charge in [-0.3, -0.25) is 0 Å². The molecule has 0 heterocycles. The van der Waals surface area contributed by atoms with Crippen molar-refractivity contribution in [2.24, 2.45) is 0 Å². The summed E-state index contributed by atoms with van der Waals surface area (Å²) in [6, 6.07) is 0.401. The van der Waals surface area contributed by atoms with Crippen molar-refractivity contribution in [2.45, 2.75) is 200 Å². The third-order valence-electron chi connectivity index (χ3n) is 8.27. The molecule has 0 aromatic carbocycles. The third kappa shape index (κ3) is 29.0. The maximum Gasteiger partial charge on any atom is 1.00 e. The van der Waals surface area contributed by atoms with Gasteiger partial charge >= 0.3 is 18.9 Å². The quantitative estimate of drug-likeness (QED) is 0.0717. The zero-order chi connectivity index (χ0) is 27.2. The SMILES string of the molecule is CCCCCCCCCCCCCCN(CCCCCCCCCCCCCC)C(CC)CCC(=O)[O-].[Li+]. The molecule has 0 spiro atoms. The van der Waals surface area contributed by atoms with Crippen LogP contribution in [0.2, 0.25) is 0 Å². The van der Waals surface area contributed by atoms with E-state index in [1.165, 1.54) is 154 Å². The van der Waals surface area contributed by atoms with Gasteiger partial charge < -0.3 is 14.8 Å². The fourth-order valence-corrected chi connectivity index (χ4v) is 5.72. The van der Waals surface area contributed by atoms with Crippen molar-refractivity contribution in [3.05, 3.63) is 0 Å². The predicted octanol–water partition coefficient (Wildman–Crippen LogP) is 7.00. The van der Waals surface area contributed by atoms with Gasteiger partial charge in [0.25, 0.3) is 0 Å². The van der Waals surface area contributed by atoms with Gasteiger partial charge in [0.05, 0.1) is 0 Å². The van der Waals surface area contributed by atoms with Crippen LogP contribution in [0.25, 0.3) is 0 Å². The van der Waals surface area contributed by atoms with Crippen molar-refractivity contribution in [3.63, 3.8) is 0 Å². The summed E-state index contributed by atoms with van der Waals surface area (Å²) in [6.45, 7) is 9.07. The standard InChI is InChI=1S/C34H69NO2.Li/c1-4-7-9-11-13-15-17-19-21-23-25-27-31-35(33(6-3)29-30-34(36)37)32-28-26-24-22-20-18-16-14-12-10-8-5-2;/h33H,4-32H2,1-3H3,(H,36,37);/q;+1/p-1. The van der Waals surface area contributed by atoms with Crippen LogP contribution in [-0.4, -0.2) is 30.0 Å². The van der Waals surface area contributed by atoms with Crippen molar-refractivity contribution in [1.82, 2.24) is 4.90 Å². The molecule has 1 atom stereocenters. The minimum Gasteiger partial charge on any atom is -0.550 e. The number of nitrogens with zero attached hydrogens (tertiary/aromatic N) is 1. The molecule has 0 saturated carbocycles. The van der Waals surface area contributed by atoms with E-state index in [2.05, 4.69) is 25.7 Å². The number of aliphatic carboxylic acids is 1. The second-order valence-corrected chi connectivity index (χ2v) is 11.8. The van der Waals surface area contributed by atoms with Gasteiger partial charge in [-0.05, 0) is 45.2 Å². The van der Waals surface area contributed by atoms with Crippen LogP contribution in [-0.2, 0) is 4.79 Å². The number of carbonyl (C=O) groups is 1. The molecule has 0 saturated heterocycles. The average molecular weight is 530 g/mol. The van der Waals surface area contributed by atoms with Crippen molar-refractivity contribution < 1.29 is 28.8 Å². The summed E-state index contributed by atoms with van der Waals surface area (Å²) in [4.78, 5) is 13.7. The molecule has 1 unspecified atom stereocenters. The van der Waals surface area contributed by atoms with Crippen LogP contribution < -0.4 is 24.0 Å². The Morgan fingerprint density at radius 2 is 0.816 bits per heavy atom. The van der Waals surface area contributed by atoms with Crippen molar-refractivity contribution in [2.75, 3.05) is 13.1 Å². The van der Waals surface area contributed by atoms with Gasteiger partial charge in [-0.15, -0.1) is 0 Å². The molecule has 0 aromatic rings. The number of carbonyl (C=O) groups excluding carboxylic acids is 1. The first-order chi connectivity index (χ1) is 18.2. The number of carboxylic acids is 1. The largest absolute Gasteiger partial charge is 1.00 e. The molecule has 3 nitrogen and oxygen atoms in total. The smallest absolute Gasteiger partial charge is 0.550 e. The normalized spacial score (nSPS) is 12.1. The summed E-state index contributed by atoms with van der Waals surface area (Å²) < 4.78 is 0. The molecule has 0 amide bonds. The monoisotopic (exact) mass is 530 g/mol. The molecule has 0 aliphatic heterocycles. The molecule has 0 fully saturated rings. The molecular formula is C34H68LiNO2. The zero-order valence-corrected chi connectivity index (χ0v) is 26.8. The number of unbranched alkanes of at least 4 members (excludes halogenated alkanes) is 22. The van der Waals surface area contributed by atoms with E-state index in [0.29, 0.717) is 6.04 Å². The van der Waals surface area contributed by atoms with E-state index in [1.807, 2.05) is 0 Å². The summed E-state index contributed by atoms with van der Waals surface area (Å²) in [7, 11) is 0. The molecule has 0 N–H and O–H groups in total. The van der Waals surface area contributed by atoms with Crippen molar-refractivity contribution in [1.29, 1.82) is 0 Å². The van der Waals surface area contributed by atoms with E-state index < -0.39 is 5.97 Å². The Morgan fingerprint density at radius 3 is 1.08 bits per heavy atom. The fourth-order valence-electron chi connectivity index (χ4n) is 5.72. The second-order valence-electron chi connectivity index (χ2n) is 11.8. The van der Waals surface area contributed by atoms with Gasteiger partial charge in [-0.2, -0.15) is 0 Å². The van der Waals surface area contributed by atoms with Crippen LogP contribution in [0.5, 0.6) is 0 Å². The summed E-state index contributed by atoms with van der Waals surface area (Å²) >= 11 is 0. The molecule has 222 valence electrons. The number of hydrogen-bond donors (Lipinski definition) is 0. The van der Waals surface area contributed by atoms with Crippen LogP contribution in [0, 0.1) is 0 Å². The molecule has 0 radical (unpaired) electrons. The Kier molecular flexibility index (Phi) is 35.1. The van der Waals surface area contributed by atoms with Gasteiger partial charge in [0, 0.05) is 12.0 Å². The van der Waals surface area contributed by atoms with Gasteiger partial charge in [0.2, 0.25) is 0 Å². The van der Waals surface area contributed by atoms with Crippen LogP contribution in [0.3, 0.4) is 0 Å². The van der Waals surface area contributed by atoms with E-state index in [4.69, 9.17) is 0 Å². The Morgan fingerprint density at radius 1 is 0.526 bits per heavy atom. The first-order valence-corrected chi connectivity index (χ1v) is 17.1. The van der Waals surface area contributed by atoms with Gasteiger partial charge in [-0.25, -0.2) is 0 Å². The van der Waals surface area contributed by atoms with Crippen LogP contribution in [0.15, 0.2) is 0 Å². The van der Waals surface area contributed by atoms with Gasteiger partial charge in [0.1, 0.15) is 0 Å². The molecular weight excluding hydrogens is 461 g/mol. The van der Waals surface area contributed by atoms with E-state index >= 15 is 0 Å². The Balaban J connectivity index is 0. The predicted molar refractivity (Wildman–Crippen MR) is 162 cm³/mol. The fraction of sp³-hybridized carbons (Fsp3) is 0.971. The number of carboxylic acid groups (broad SMARTS) is 1. The second kappa shape index (κ2) is 33.2. The van der Waals surface area contributed by atoms with Gasteiger partial charge in [0.15, 0.2) is 0 Å². The zero-order valence-electron chi connectivity index (χ0n) is 26.8. The summed E-state index contributed by atoms with van der Waals surface area (Å²) in [5, 5.41) is 11.1. The molecule has 4 heteroatoms. The van der Waals surface area contributed by atoms with Crippen molar-refractivity contribution in [3.8, 4) is 0 Å². The van der Waals surface area contributed by atoms with E-state index in [-0.39, 0.29) is 25.3 Å². The summed E-state index contributed by atoms with van der Waals surface area (Å²) in [5.41, 5.74) is 0. The van der Waals surface area contributed by atoms with Gasteiger partial charge in [-0.1, -0.05) is 162 Å². The topological polar surface area (TPSA) is 43.4 Å². The van der Waals surface area contributed by atoms with E-state index in [9.17, 15) is 9.90 Å². The molecule has 0 aliphatic rings. The molecule has 0 rings (SSSR count). The van der Waals surface area contributed by atoms with Crippen LogP contribution in [0.1, 0.15) is 194 Å². The third-order valence-corrected chi connectivity index (χ3v) is 8.27. The molecule has 0 aromatic heterocycles. The Bertz CT molecular complexity index is 432. The number of hydrogen-bond acceptors (Lipinski definition) is 3. The number of rotatable bonds is 31. The molecule has 0 bridgehead atoms. The van der Waals surface area contributed by atoms with E-state index in [1.54, 1.807) is 0 Å². The maximum absolute atomic E-state index is 11.1. The Labute approximate surface area is 252 Å².